The number of halogens is 3. The zero-order valence-electron chi connectivity index (χ0n) is 12.9. The van der Waals surface area contributed by atoms with Crippen molar-refractivity contribution in [3.63, 3.8) is 0 Å². The Morgan fingerprint density at radius 2 is 1.64 bits per heavy atom. The molecule has 8 heteroatoms. The number of benzene rings is 2. The SMILES string of the molecule is Nc1c(NCc2ccc(Cl)cc2)ncnc1Nc1cccc(Cl)c1Cl. The molecule has 0 amide bonds. The van der Waals surface area contributed by atoms with Crippen molar-refractivity contribution < 1.29 is 0 Å². The van der Waals surface area contributed by atoms with Gasteiger partial charge in [-0.3, -0.25) is 0 Å². The Kier molecular flexibility index (Phi) is 5.48. The first-order chi connectivity index (χ1) is 12.0. The Hall–Kier alpha value is -2.21. The predicted molar refractivity (Wildman–Crippen MR) is 105 cm³/mol. The van der Waals surface area contributed by atoms with Gasteiger partial charge in [0.15, 0.2) is 11.6 Å². The van der Waals surface area contributed by atoms with Crippen molar-refractivity contribution >= 4 is 57.8 Å². The molecule has 0 saturated carbocycles. The van der Waals surface area contributed by atoms with Crippen LogP contribution in [0.5, 0.6) is 0 Å². The van der Waals surface area contributed by atoms with E-state index >= 15 is 0 Å². The first kappa shape index (κ1) is 17.6. The number of nitrogens with one attached hydrogen (secondary N) is 2. The molecule has 128 valence electrons. The van der Waals surface area contributed by atoms with E-state index in [0.717, 1.165) is 5.56 Å². The molecule has 0 saturated heterocycles. The van der Waals surface area contributed by atoms with Gasteiger partial charge in [-0.15, -0.1) is 0 Å². The predicted octanol–water partition coefficient (Wildman–Crippen LogP) is 5.37. The fourth-order valence-corrected chi connectivity index (χ4v) is 2.63. The summed E-state index contributed by atoms with van der Waals surface area (Å²) >= 11 is 18.1. The van der Waals surface area contributed by atoms with Gasteiger partial charge in [0.25, 0.3) is 0 Å². The van der Waals surface area contributed by atoms with Crippen molar-refractivity contribution in [3.05, 3.63) is 69.4 Å². The third-order valence-corrected chi connectivity index (χ3v) is 4.53. The van der Waals surface area contributed by atoms with Crippen LogP contribution in [0.15, 0.2) is 48.8 Å². The fraction of sp³-hybridized carbons (Fsp3) is 0.0588. The van der Waals surface area contributed by atoms with Crippen molar-refractivity contribution in [2.75, 3.05) is 16.4 Å². The quantitative estimate of drug-likeness (QED) is 0.542. The monoisotopic (exact) mass is 393 g/mol. The third-order valence-electron chi connectivity index (χ3n) is 3.46. The van der Waals surface area contributed by atoms with Crippen molar-refractivity contribution in [1.82, 2.24) is 9.97 Å². The number of hydrogen-bond donors (Lipinski definition) is 3. The molecule has 3 aromatic rings. The molecule has 0 unspecified atom stereocenters. The van der Waals surface area contributed by atoms with E-state index in [1.54, 1.807) is 18.2 Å². The number of nitrogens with zero attached hydrogens (tertiary/aromatic N) is 2. The highest BCUT2D eigenvalue weighted by Gasteiger charge is 2.11. The molecular formula is C17H14Cl3N5. The number of rotatable bonds is 5. The summed E-state index contributed by atoms with van der Waals surface area (Å²) in [5.74, 6) is 0.961. The molecule has 0 aliphatic heterocycles. The Bertz CT molecular complexity index is 884. The molecule has 0 atom stereocenters. The fourth-order valence-electron chi connectivity index (χ4n) is 2.15. The Labute approximate surface area is 160 Å². The summed E-state index contributed by atoms with van der Waals surface area (Å²) in [5, 5.41) is 7.80. The number of nitrogens with two attached hydrogens (primary N) is 1. The van der Waals surface area contributed by atoms with Crippen molar-refractivity contribution in [1.29, 1.82) is 0 Å². The molecule has 2 aromatic carbocycles. The Morgan fingerprint density at radius 3 is 2.40 bits per heavy atom. The number of aromatic nitrogens is 2. The van der Waals surface area contributed by atoms with E-state index in [1.165, 1.54) is 6.33 Å². The topological polar surface area (TPSA) is 75.9 Å². The van der Waals surface area contributed by atoms with Crippen LogP contribution in [0, 0.1) is 0 Å². The molecule has 0 radical (unpaired) electrons. The van der Waals surface area contributed by atoms with Crippen LogP contribution in [0.4, 0.5) is 23.0 Å². The largest absolute Gasteiger partial charge is 0.393 e. The van der Waals surface area contributed by atoms with Crippen LogP contribution in [0.25, 0.3) is 0 Å². The second kappa shape index (κ2) is 7.78. The van der Waals surface area contributed by atoms with Crippen molar-refractivity contribution in [3.8, 4) is 0 Å². The zero-order chi connectivity index (χ0) is 17.8. The van der Waals surface area contributed by atoms with Crippen molar-refractivity contribution in [2.24, 2.45) is 0 Å². The molecule has 4 N–H and O–H groups in total. The lowest BCUT2D eigenvalue weighted by Gasteiger charge is -2.13. The van der Waals surface area contributed by atoms with E-state index in [9.17, 15) is 0 Å². The maximum Gasteiger partial charge on any atom is 0.159 e. The Morgan fingerprint density at radius 1 is 0.920 bits per heavy atom. The minimum absolute atomic E-state index is 0.382. The van der Waals surface area contributed by atoms with Crippen LogP contribution in [0.1, 0.15) is 5.56 Å². The van der Waals surface area contributed by atoms with E-state index in [0.29, 0.717) is 44.6 Å². The molecule has 1 aromatic heterocycles. The number of hydrogen-bond acceptors (Lipinski definition) is 5. The molecule has 1 heterocycles. The average molecular weight is 395 g/mol. The maximum atomic E-state index is 6.18. The number of anilines is 4. The average Bonchev–Trinajstić information content (AvgIpc) is 2.61. The van der Waals surface area contributed by atoms with Crippen LogP contribution in [0.2, 0.25) is 15.1 Å². The minimum Gasteiger partial charge on any atom is -0.393 e. The van der Waals surface area contributed by atoms with Gasteiger partial charge in [-0.2, -0.15) is 0 Å². The van der Waals surface area contributed by atoms with Crippen LogP contribution in [-0.2, 0) is 6.54 Å². The summed E-state index contributed by atoms with van der Waals surface area (Å²) in [5.41, 5.74) is 8.21. The first-order valence-electron chi connectivity index (χ1n) is 7.34. The zero-order valence-corrected chi connectivity index (χ0v) is 15.2. The molecule has 0 bridgehead atoms. The molecule has 0 fully saturated rings. The normalized spacial score (nSPS) is 10.5. The lowest BCUT2D eigenvalue weighted by Crippen LogP contribution is -2.08. The summed E-state index contributed by atoms with van der Waals surface area (Å²) in [6.07, 6.45) is 1.42. The second-order valence-electron chi connectivity index (χ2n) is 5.19. The van der Waals surface area contributed by atoms with Gasteiger partial charge >= 0.3 is 0 Å². The van der Waals surface area contributed by atoms with E-state index in [1.807, 2.05) is 24.3 Å². The van der Waals surface area contributed by atoms with E-state index in [4.69, 9.17) is 40.5 Å². The van der Waals surface area contributed by atoms with Gasteiger partial charge in [0.2, 0.25) is 0 Å². The van der Waals surface area contributed by atoms with E-state index < -0.39 is 0 Å². The first-order valence-corrected chi connectivity index (χ1v) is 8.48. The van der Waals surface area contributed by atoms with E-state index in [-0.39, 0.29) is 0 Å². The minimum atomic E-state index is 0.382. The Balaban J connectivity index is 1.77. The highest BCUT2D eigenvalue weighted by Crippen LogP contribution is 2.33. The summed E-state index contributed by atoms with van der Waals surface area (Å²) in [7, 11) is 0. The summed E-state index contributed by atoms with van der Waals surface area (Å²) in [6.45, 7) is 0.551. The molecule has 25 heavy (non-hydrogen) atoms. The van der Waals surface area contributed by atoms with Crippen LogP contribution in [0.3, 0.4) is 0 Å². The van der Waals surface area contributed by atoms with Gasteiger partial charge in [0.1, 0.15) is 12.0 Å². The van der Waals surface area contributed by atoms with E-state index in [2.05, 4.69) is 20.6 Å². The van der Waals surface area contributed by atoms with Crippen LogP contribution >= 0.6 is 34.8 Å². The molecular weight excluding hydrogens is 381 g/mol. The molecule has 0 aliphatic carbocycles. The molecule has 0 spiro atoms. The summed E-state index contributed by atoms with van der Waals surface area (Å²) in [6, 6.07) is 12.8. The second-order valence-corrected chi connectivity index (χ2v) is 6.41. The van der Waals surface area contributed by atoms with Gasteiger partial charge in [0.05, 0.1) is 15.7 Å². The maximum absolute atomic E-state index is 6.18. The standard InChI is InChI=1S/C17H14Cl3N5/c18-11-6-4-10(5-7-11)8-22-16-15(21)17(24-9-23-16)25-13-3-1-2-12(19)14(13)20/h1-7,9H,8,21H2,(H2,22,23,24,25). The van der Waals surface area contributed by atoms with Crippen LogP contribution in [-0.4, -0.2) is 9.97 Å². The summed E-state index contributed by atoms with van der Waals surface area (Å²) < 4.78 is 0. The van der Waals surface area contributed by atoms with Crippen molar-refractivity contribution in [2.45, 2.75) is 6.54 Å². The van der Waals surface area contributed by atoms with Gasteiger partial charge in [-0.25, -0.2) is 9.97 Å². The van der Waals surface area contributed by atoms with Crippen LogP contribution < -0.4 is 16.4 Å². The van der Waals surface area contributed by atoms with Gasteiger partial charge in [-0.1, -0.05) is 53.0 Å². The van der Waals surface area contributed by atoms with Gasteiger partial charge < -0.3 is 16.4 Å². The lowest BCUT2D eigenvalue weighted by molar-refractivity contribution is 1.09. The summed E-state index contributed by atoms with van der Waals surface area (Å²) in [4.78, 5) is 8.35. The molecule has 3 rings (SSSR count). The molecule has 0 aliphatic rings. The third kappa shape index (κ3) is 4.25. The highest BCUT2D eigenvalue weighted by atomic mass is 35.5. The number of nitrogen functional groups attached to an aromatic ring is 1. The van der Waals surface area contributed by atoms with Gasteiger partial charge in [0, 0.05) is 11.6 Å². The smallest absolute Gasteiger partial charge is 0.159 e. The lowest BCUT2D eigenvalue weighted by atomic mass is 10.2. The van der Waals surface area contributed by atoms with Gasteiger partial charge in [-0.05, 0) is 29.8 Å². The highest BCUT2D eigenvalue weighted by molar-refractivity contribution is 6.43. The molecule has 5 nitrogen and oxygen atoms in total.